The van der Waals surface area contributed by atoms with Gasteiger partial charge in [-0.3, -0.25) is 9.78 Å². The van der Waals surface area contributed by atoms with E-state index in [1.807, 2.05) is 36.4 Å². The van der Waals surface area contributed by atoms with Gasteiger partial charge in [0.05, 0.1) is 18.7 Å². The number of nitriles is 1. The van der Waals surface area contributed by atoms with Crippen molar-refractivity contribution in [2.75, 3.05) is 19.8 Å². The maximum absolute atomic E-state index is 12.9. The van der Waals surface area contributed by atoms with E-state index in [-0.39, 0.29) is 30.4 Å². The first-order valence-corrected chi connectivity index (χ1v) is 9.65. The molecule has 0 unspecified atom stereocenters. The molecule has 0 aliphatic carbocycles. The number of pyridine rings is 1. The van der Waals surface area contributed by atoms with E-state index < -0.39 is 6.04 Å². The summed E-state index contributed by atoms with van der Waals surface area (Å²) in [6.07, 6.45) is 4.90. The third-order valence-corrected chi connectivity index (χ3v) is 5.85. The largest absolute Gasteiger partial charge is 0.394 e. The summed E-state index contributed by atoms with van der Waals surface area (Å²) in [5.74, 6) is -0.327. The van der Waals surface area contributed by atoms with Crippen LogP contribution in [-0.2, 0) is 9.53 Å². The van der Waals surface area contributed by atoms with E-state index in [1.54, 1.807) is 17.3 Å². The molecular formula is C22H23N3O3. The SMILES string of the molecule is N#C[C@H]1[C@H](c2ccc(-c3cccnc3)cc2)[C@@H](CO)N1C(=O)C1CCOCC1. The van der Waals surface area contributed by atoms with Gasteiger partial charge >= 0.3 is 0 Å². The lowest BCUT2D eigenvalue weighted by atomic mass is 9.74. The molecule has 3 heterocycles. The van der Waals surface area contributed by atoms with Crippen LogP contribution in [0.25, 0.3) is 11.1 Å². The fourth-order valence-electron chi connectivity index (χ4n) is 4.30. The minimum absolute atomic E-state index is 0.0304. The van der Waals surface area contributed by atoms with Crippen molar-refractivity contribution in [3.05, 3.63) is 54.4 Å². The Morgan fingerprint density at radius 2 is 1.96 bits per heavy atom. The van der Waals surface area contributed by atoms with Crippen molar-refractivity contribution in [2.45, 2.75) is 30.8 Å². The molecule has 2 aliphatic heterocycles. The molecule has 2 aromatic rings. The Hall–Kier alpha value is -2.75. The number of ether oxygens (including phenoxy) is 1. The van der Waals surface area contributed by atoms with Crippen molar-refractivity contribution in [2.24, 2.45) is 5.92 Å². The van der Waals surface area contributed by atoms with Crippen LogP contribution in [0.5, 0.6) is 0 Å². The predicted molar refractivity (Wildman–Crippen MR) is 103 cm³/mol. The molecule has 144 valence electrons. The molecule has 2 fully saturated rings. The van der Waals surface area contributed by atoms with Gasteiger partial charge in [0.2, 0.25) is 5.91 Å². The fraction of sp³-hybridized carbons (Fsp3) is 0.409. The maximum atomic E-state index is 12.9. The Morgan fingerprint density at radius 1 is 1.21 bits per heavy atom. The number of carbonyl (C=O) groups excluding carboxylic acids is 1. The monoisotopic (exact) mass is 377 g/mol. The van der Waals surface area contributed by atoms with Crippen LogP contribution >= 0.6 is 0 Å². The summed E-state index contributed by atoms with van der Waals surface area (Å²) in [5.41, 5.74) is 3.03. The standard InChI is InChI=1S/C22H23N3O3/c23-12-19-21(16-5-3-15(4-6-16)18-2-1-9-24-13-18)20(14-26)25(19)22(27)17-7-10-28-11-8-17/h1-6,9,13,17,19-21,26H,7-8,10-11,14H2/t19-,20+,21-/m0/s1. The highest BCUT2D eigenvalue weighted by Crippen LogP contribution is 2.42. The number of likely N-dealkylation sites (tertiary alicyclic amines) is 1. The van der Waals surface area contributed by atoms with Crippen LogP contribution in [0.3, 0.4) is 0 Å². The molecule has 2 saturated heterocycles. The number of aliphatic hydroxyl groups excluding tert-OH is 1. The van der Waals surface area contributed by atoms with E-state index in [9.17, 15) is 15.2 Å². The molecular weight excluding hydrogens is 354 g/mol. The second-order valence-corrected chi connectivity index (χ2v) is 7.35. The van der Waals surface area contributed by atoms with Crippen molar-refractivity contribution >= 4 is 5.91 Å². The quantitative estimate of drug-likeness (QED) is 0.884. The molecule has 3 atom stereocenters. The van der Waals surface area contributed by atoms with E-state index in [4.69, 9.17) is 4.74 Å². The smallest absolute Gasteiger partial charge is 0.227 e. The number of benzene rings is 1. The third kappa shape index (κ3) is 3.28. The second-order valence-electron chi connectivity index (χ2n) is 7.35. The Morgan fingerprint density at radius 3 is 2.57 bits per heavy atom. The van der Waals surface area contributed by atoms with Gasteiger partial charge in [0.15, 0.2) is 0 Å². The van der Waals surface area contributed by atoms with Gasteiger partial charge in [0.1, 0.15) is 6.04 Å². The van der Waals surface area contributed by atoms with Crippen LogP contribution in [0.2, 0.25) is 0 Å². The van der Waals surface area contributed by atoms with Crippen molar-refractivity contribution in [3.63, 3.8) is 0 Å². The van der Waals surface area contributed by atoms with Crippen molar-refractivity contribution in [1.82, 2.24) is 9.88 Å². The van der Waals surface area contributed by atoms with Crippen molar-refractivity contribution in [1.29, 1.82) is 5.26 Å². The molecule has 1 N–H and O–H groups in total. The highest BCUT2D eigenvalue weighted by Gasteiger charge is 2.52. The van der Waals surface area contributed by atoms with Gasteiger partial charge in [-0.05, 0) is 35.6 Å². The highest BCUT2D eigenvalue weighted by atomic mass is 16.5. The Bertz CT molecular complexity index is 857. The number of hydrogen-bond acceptors (Lipinski definition) is 5. The zero-order valence-electron chi connectivity index (χ0n) is 15.6. The van der Waals surface area contributed by atoms with Gasteiger partial charge in [0.25, 0.3) is 0 Å². The summed E-state index contributed by atoms with van der Waals surface area (Å²) < 4.78 is 5.34. The average molecular weight is 377 g/mol. The number of aromatic nitrogens is 1. The number of hydrogen-bond donors (Lipinski definition) is 1. The van der Waals surface area contributed by atoms with E-state index >= 15 is 0 Å². The van der Waals surface area contributed by atoms with Gasteiger partial charge in [-0.2, -0.15) is 5.26 Å². The predicted octanol–water partition coefficient (Wildman–Crippen LogP) is 2.35. The first-order valence-electron chi connectivity index (χ1n) is 9.65. The lowest BCUT2D eigenvalue weighted by molar-refractivity contribution is -0.154. The number of carbonyl (C=O) groups is 1. The number of rotatable bonds is 4. The van der Waals surface area contributed by atoms with Crippen LogP contribution in [-0.4, -0.2) is 52.8 Å². The molecule has 1 amide bonds. The molecule has 4 rings (SSSR count). The van der Waals surface area contributed by atoms with Gasteiger partial charge < -0.3 is 14.7 Å². The van der Waals surface area contributed by atoms with E-state index in [1.165, 1.54) is 0 Å². The fourth-order valence-corrected chi connectivity index (χ4v) is 4.30. The maximum Gasteiger partial charge on any atom is 0.227 e. The average Bonchev–Trinajstić information content (AvgIpc) is 2.75. The van der Waals surface area contributed by atoms with Crippen LogP contribution in [0, 0.1) is 17.2 Å². The summed E-state index contributed by atoms with van der Waals surface area (Å²) in [6, 6.07) is 13.2. The molecule has 0 spiro atoms. The summed E-state index contributed by atoms with van der Waals surface area (Å²) in [7, 11) is 0. The normalized spacial score (nSPS) is 25.0. The van der Waals surface area contributed by atoms with Gasteiger partial charge in [-0.25, -0.2) is 0 Å². The Kier molecular flexibility index (Phi) is 5.38. The lowest BCUT2D eigenvalue weighted by Crippen LogP contribution is -2.66. The van der Waals surface area contributed by atoms with Crippen molar-refractivity contribution in [3.8, 4) is 17.2 Å². The summed E-state index contributed by atoms with van der Waals surface area (Å²) in [4.78, 5) is 18.7. The van der Waals surface area contributed by atoms with Gasteiger partial charge in [-0.15, -0.1) is 0 Å². The van der Waals surface area contributed by atoms with Gasteiger partial charge in [-0.1, -0.05) is 30.3 Å². The van der Waals surface area contributed by atoms with E-state index in [2.05, 4.69) is 11.1 Å². The Labute approximate surface area is 164 Å². The minimum Gasteiger partial charge on any atom is -0.394 e. The summed E-state index contributed by atoms with van der Waals surface area (Å²) in [5, 5.41) is 19.7. The molecule has 28 heavy (non-hydrogen) atoms. The molecule has 0 bridgehead atoms. The molecule has 0 saturated carbocycles. The Balaban J connectivity index is 1.54. The molecule has 1 aromatic carbocycles. The zero-order chi connectivity index (χ0) is 19.5. The molecule has 1 aromatic heterocycles. The van der Waals surface area contributed by atoms with E-state index in [0.29, 0.717) is 26.1 Å². The minimum atomic E-state index is -0.545. The van der Waals surface area contributed by atoms with Crippen LogP contribution in [0.4, 0.5) is 0 Å². The van der Waals surface area contributed by atoms with E-state index in [0.717, 1.165) is 16.7 Å². The third-order valence-electron chi connectivity index (χ3n) is 5.85. The van der Waals surface area contributed by atoms with Gasteiger partial charge in [0, 0.05) is 37.4 Å². The summed E-state index contributed by atoms with van der Waals surface area (Å²) in [6.45, 7) is 0.997. The number of amides is 1. The highest BCUT2D eigenvalue weighted by molar-refractivity contribution is 5.81. The topological polar surface area (TPSA) is 86.5 Å². The van der Waals surface area contributed by atoms with Crippen LogP contribution < -0.4 is 0 Å². The first-order chi connectivity index (χ1) is 13.7. The summed E-state index contributed by atoms with van der Waals surface area (Å²) >= 11 is 0. The molecule has 0 radical (unpaired) electrons. The first kappa shape index (κ1) is 18.6. The van der Waals surface area contributed by atoms with Crippen LogP contribution in [0.1, 0.15) is 24.3 Å². The molecule has 6 nitrogen and oxygen atoms in total. The molecule has 6 heteroatoms. The second kappa shape index (κ2) is 8.09. The molecule has 2 aliphatic rings. The van der Waals surface area contributed by atoms with Crippen LogP contribution in [0.15, 0.2) is 48.8 Å². The number of aliphatic hydroxyl groups is 1. The number of nitrogens with zero attached hydrogens (tertiary/aromatic N) is 3. The lowest BCUT2D eigenvalue weighted by Gasteiger charge is -2.52. The zero-order valence-corrected chi connectivity index (χ0v) is 15.6. The van der Waals surface area contributed by atoms with Crippen molar-refractivity contribution < 1.29 is 14.6 Å².